The normalized spacial score (nSPS) is 63.4. The van der Waals surface area contributed by atoms with Crippen molar-refractivity contribution < 1.29 is 19.0 Å². The lowest BCUT2D eigenvalue weighted by Crippen LogP contribution is -2.64. The van der Waals surface area contributed by atoms with Gasteiger partial charge in [0.2, 0.25) is 0 Å². The molecule has 2 saturated heterocycles. The molecule has 2 heterocycles. The summed E-state index contributed by atoms with van der Waals surface area (Å²) in [7, 11) is 1.55. The van der Waals surface area contributed by atoms with Crippen molar-refractivity contribution in [3.05, 3.63) is 0 Å². The second-order valence-corrected chi connectivity index (χ2v) is 10.6. The van der Waals surface area contributed by atoms with Crippen LogP contribution in [0.5, 0.6) is 0 Å². The van der Waals surface area contributed by atoms with Gasteiger partial charge in [0.15, 0.2) is 0 Å². The molecule has 0 unspecified atom stereocenters. The summed E-state index contributed by atoms with van der Waals surface area (Å²) in [6, 6.07) is 0. The Morgan fingerprint density at radius 2 is 2.00 bits per heavy atom. The first-order valence-electron chi connectivity index (χ1n) is 10.3. The zero-order valence-electron chi connectivity index (χ0n) is 15.7. The standard InChI is InChI=1S/C21H30O4/c1-17(16(22)23-3)6-4-7-18(2)14(17)5-8-19-10-13(20(11-19)12-24-20)9-15-21(18,19)25-15/h13-15H,4-12H2,1-3H3/t13-,14-,15-,17-,18-,19+,20-,21+/m1/s1. The largest absolute Gasteiger partial charge is 0.469 e. The van der Waals surface area contributed by atoms with Gasteiger partial charge in [-0.05, 0) is 63.7 Å². The van der Waals surface area contributed by atoms with Gasteiger partial charge in [0.25, 0.3) is 0 Å². The van der Waals surface area contributed by atoms with E-state index in [-0.39, 0.29) is 28.0 Å². The maximum Gasteiger partial charge on any atom is 0.311 e. The smallest absolute Gasteiger partial charge is 0.311 e. The van der Waals surface area contributed by atoms with E-state index >= 15 is 0 Å². The minimum Gasteiger partial charge on any atom is -0.469 e. The molecule has 0 aromatic heterocycles. The number of hydrogen-bond donors (Lipinski definition) is 0. The van der Waals surface area contributed by atoms with Crippen molar-refractivity contribution in [2.24, 2.45) is 28.1 Å². The summed E-state index contributed by atoms with van der Waals surface area (Å²) in [5.41, 5.74) is 0.259. The molecular formula is C21H30O4. The molecule has 4 heteroatoms. The quantitative estimate of drug-likeness (QED) is 0.539. The molecule has 4 saturated carbocycles. The molecule has 4 nitrogen and oxygen atoms in total. The van der Waals surface area contributed by atoms with Crippen LogP contribution in [0.2, 0.25) is 0 Å². The first kappa shape index (κ1) is 15.4. The van der Waals surface area contributed by atoms with Crippen molar-refractivity contribution in [2.45, 2.75) is 82.5 Å². The van der Waals surface area contributed by atoms with Gasteiger partial charge < -0.3 is 14.2 Å². The van der Waals surface area contributed by atoms with Crippen LogP contribution >= 0.6 is 0 Å². The van der Waals surface area contributed by atoms with Crippen molar-refractivity contribution in [1.82, 2.24) is 0 Å². The molecule has 0 amide bonds. The van der Waals surface area contributed by atoms with E-state index in [1.807, 2.05) is 0 Å². The highest BCUT2D eigenvalue weighted by atomic mass is 16.6. The zero-order chi connectivity index (χ0) is 17.3. The number of fused-ring (bicyclic) bond motifs is 3. The number of esters is 1. The van der Waals surface area contributed by atoms with Crippen molar-refractivity contribution in [3.63, 3.8) is 0 Å². The van der Waals surface area contributed by atoms with Gasteiger partial charge >= 0.3 is 5.97 Å². The van der Waals surface area contributed by atoms with Crippen LogP contribution < -0.4 is 0 Å². The summed E-state index contributed by atoms with van der Waals surface area (Å²) < 4.78 is 18.0. The van der Waals surface area contributed by atoms with Gasteiger partial charge in [-0.15, -0.1) is 0 Å². The lowest BCUT2D eigenvalue weighted by Gasteiger charge is -2.62. The number of epoxide rings is 2. The molecule has 3 spiro atoms. The lowest BCUT2D eigenvalue weighted by molar-refractivity contribution is -0.185. The average molecular weight is 346 g/mol. The second-order valence-electron chi connectivity index (χ2n) is 10.6. The van der Waals surface area contributed by atoms with E-state index in [1.54, 1.807) is 7.11 Å². The Kier molecular flexibility index (Phi) is 2.54. The monoisotopic (exact) mass is 346 g/mol. The van der Waals surface area contributed by atoms with Crippen LogP contribution in [0.15, 0.2) is 0 Å². The molecule has 6 fully saturated rings. The SMILES string of the molecule is COC(=O)[C@]1(C)CCC[C@]2(C)[C@@H]1CC[C@@]13C[C@@H](C[C@H]4O[C@]412)[C@]1(CO1)C3. The third kappa shape index (κ3) is 1.43. The van der Waals surface area contributed by atoms with Gasteiger partial charge in [0.05, 0.1) is 30.8 Å². The molecule has 8 atom stereocenters. The maximum atomic E-state index is 12.8. The Labute approximate surface area is 150 Å². The minimum atomic E-state index is -0.349. The van der Waals surface area contributed by atoms with Crippen molar-refractivity contribution >= 4 is 5.97 Å². The van der Waals surface area contributed by atoms with E-state index in [2.05, 4.69) is 13.8 Å². The van der Waals surface area contributed by atoms with Crippen LogP contribution in [0.4, 0.5) is 0 Å². The predicted octanol–water partition coefficient (Wildman–Crippen LogP) is 3.47. The van der Waals surface area contributed by atoms with Crippen LogP contribution in [0.25, 0.3) is 0 Å². The van der Waals surface area contributed by atoms with E-state index in [9.17, 15) is 4.79 Å². The van der Waals surface area contributed by atoms with E-state index in [0.717, 1.165) is 25.9 Å². The lowest BCUT2D eigenvalue weighted by atomic mass is 9.40. The third-order valence-electron chi connectivity index (χ3n) is 9.89. The van der Waals surface area contributed by atoms with E-state index in [0.29, 0.717) is 23.4 Å². The predicted molar refractivity (Wildman–Crippen MR) is 90.9 cm³/mol. The van der Waals surface area contributed by atoms with Crippen LogP contribution in [-0.2, 0) is 19.0 Å². The average Bonchev–Trinajstić information content (AvgIpc) is 3.46. The highest BCUT2D eigenvalue weighted by molar-refractivity contribution is 5.77. The molecule has 2 aliphatic heterocycles. The Morgan fingerprint density at radius 1 is 1.20 bits per heavy atom. The van der Waals surface area contributed by atoms with Crippen LogP contribution in [0, 0.1) is 28.1 Å². The van der Waals surface area contributed by atoms with Crippen LogP contribution in [0.3, 0.4) is 0 Å². The molecule has 0 aromatic carbocycles. The first-order valence-corrected chi connectivity index (χ1v) is 10.3. The third-order valence-corrected chi connectivity index (χ3v) is 9.89. The fraction of sp³-hybridized carbons (Fsp3) is 0.952. The second kappa shape index (κ2) is 4.11. The fourth-order valence-electron chi connectivity index (χ4n) is 8.93. The summed E-state index contributed by atoms with van der Waals surface area (Å²) in [4.78, 5) is 12.8. The summed E-state index contributed by atoms with van der Waals surface area (Å²) in [6.07, 6.45) is 9.70. The summed E-state index contributed by atoms with van der Waals surface area (Å²) in [5, 5.41) is 0. The van der Waals surface area contributed by atoms with Gasteiger partial charge in [-0.3, -0.25) is 4.79 Å². The van der Waals surface area contributed by atoms with Crippen molar-refractivity contribution in [3.8, 4) is 0 Å². The van der Waals surface area contributed by atoms with Gasteiger partial charge in [-0.25, -0.2) is 0 Å². The Balaban J connectivity index is 1.46. The molecule has 0 radical (unpaired) electrons. The van der Waals surface area contributed by atoms with Gasteiger partial charge in [0, 0.05) is 10.8 Å². The number of rotatable bonds is 1. The van der Waals surface area contributed by atoms with Crippen molar-refractivity contribution in [1.29, 1.82) is 0 Å². The summed E-state index contributed by atoms with van der Waals surface area (Å²) in [5.74, 6) is 1.09. The Hall–Kier alpha value is -0.610. The molecule has 138 valence electrons. The van der Waals surface area contributed by atoms with E-state index < -0.39 is 0 Å². The van der Waals surface area contributed by atoms with Crippen LogP contribution in [0.1, 0.15) is 65.2 Å². The highest BCUT2D eigenvalue weighted by Crippen LogP contribution is 2.82. The molecule has 6 aliphatic rings. The number of hydrogen-bond acceptors (Lipinski definition) is 4. The van der Waals surface area contributed by atoms with Gasteiger partial charge in [-0.2, -0.15) is 0 Å². The molecule has 6 rings (SSSR count). The topological polar surface area (TPSA) is 51.4 Å². The highest BCUT2D eigenvalue weighted by Gasteiger charge is 2.87. The first-order chi connectivity index (χ1) is 11.9. The molecule has 2 bridgehead atoms. The Morgan fingerprint density at radius 3 is 2.72 bits per heavy atom. The van der Waals surface area contributed by atoms with Crippen molar-refractivity contribution in [2.75, 3.05) is 13.7 Å². The maximum absolute atomic E-state index is 12.8. The molecule has 4 aliphatic carbocycles. The molecular weight excluding hydrogens is 316 g/mol. The molecule has 0 N–H and O–H groups in total. The van der Waals surface area contributed by atoms with Gasteiger partial charge in [0.1, 0.15) is 5.60 Å². The molecule has 25 heavy (non-hydrogen) atoms. The summed E-state index contributed by atoms with van der Waals surface area (Å²) >= 11 is 0. The van der Waals surface area contributed by atoms with E-state index in [4.69, 9.17) is 14.2 Å². The minimum absolute atomic E-state index is 0.00453. The number of methoxy groups -OCH3 is 1. The Bertz CT molecular complexity index is 671. The summed E-state index contributed by atoms with van der Waals surface area (Å²) in [6.45, 7) is 5.60. The molecule has 0 aromatic rings. The zero-order valence-corrected chi connectivity index (χ0v) is 15.7. The van der Waals surface area contributed by atoms with Crippen LogP contribution in [-0.4, -0.2) is 37.0 Å². The van der Waals surface area contributed by atoms with Gasteiger partial charge in [-0.1, -0.05) is 13.3 Å². The van der Waals surface area contributed by atoms with E-state index in [1.165, 1.54) is 32.1 Å². The number of carbonyl (C=O) groups is 1. The number of ether oxygens (including phenoxy) is 3. The fourth-order valence-corrected chi connectivity index (χ4v) is 8.93. The number of carbonyl (C=O) groups excluding carboxylic acids is 1.